The van der Waals surface area contributed by atoms with Crippen LogP contribution in [0, 0.1) is 5.82 Å². The Kier molecular flexibility index (Phi) is 4.14. The second kappa shape index (κ2) is 5.63. The molecule has 0 saturated heterocycles. The van der Waals surface area contributed by atoms with E-state index in [0.29, 0.717) is 5.56 Å². The summed E-state index contributed by atoms with van der Waals surface area (Å²) >= 11 is 3.32. The van der Waals surface area contributed by atoms with E-state index in [0.717, 1.165) is 9.37 Å². The van der Waals surface area contributed by atoms with Crippen LogP contribution in [-0.2, 0) is 16.6 Å². The number of nitrogens with two attached hydrogens (primary N) is 1. The molecular weight excluding hydrogens is 317 g/mol. The Morgan fingerprint density at radius 3 is 2.44 bits per heavy atom. The van der Waals surface area contributed by atoms with Gasteiger partial charge in [-0.1, -0.05) is 22.0 Å². The van der Waals surface area contributed by atoms with E-state index in [1.165, 1.54) is 12.1 Å². The predicted octanol–water partition coefficient (Wildman–Crippen LogP) is 3.48. The molecule has 5 heteroatoms. The molecule has 0 aliphatic carbocycles. The smallest absolute Gasteiger partial charge is 0.146 e. The Bertz CT molecular complexity index is 586. The summed E-state index contributed by atoms with van der Waals surface area (Å²) in [6.07, 6.45) is 0. The first-order valence-corrected chi connectivity index (χ1v) is 7.35. The van der Waals surface area contributed by atoms with Crippen LogP contribution in [-0.4, -0.2) is 4.21 Å². The Labute approximate surface area is 116 Å². The largest absolute Gasteiger partial charge is 0.396 e. The molecule has 2 aromatic carbocycles. The molecule has 0 radical (unpaired) electrons. The van der Waals surface area contributed by atoms with Gasteiger partial charge in [0.15, 0.2) is 0 Å². The van der Waals surface area contributed by atoms with Gasteiger partial charge in [-0.05, 0) is 42.0 Å². The quantitative estimate of drug-likeness (QED) is 0.877. The molecule has 0 amide bonds. The molecule has 0 aliphatic heterocycles. The van der Waals surface area contributed by atoms with Gasteiger partial charge in [0.1, 0.15) is 5.82 Å². The highest BCUT2D eigenvalue weighted by Gasteiger charge is 2.07. The molecule has 2 aromatic rings. The van der Waals surface area contributed by atoms with Crippen molar-refractivity contribution in [3.63, 3.8) is 0 Å². The van der Waals surface area contributed by atoms with Crippen molar-refractivity contribution in [1.29, 1.82) is 0 Å². The Balaban J connectivity index is 2.16. The van der Waals surface area contributed by atoms with Crippen LogP contribution in [0.5, 0.6) is 0 Å². The summed E-state index contributed by atoms with van der Waals surface area (Å²) in [5, 5.41) is 0. The van der Waals surface area contributed by atoms with Gasteiger partial charge in [-0.2, -0.15) is 0 Å². The number of halogens is 2. The Hall–Kier alpha value is -1.20. The molecule has 0 heterocycles. The Morgan fingerprint density at radius 1 is 1.17 bits per heavy atom. The van der Waals surface area contributed by atoms with Gasteiger partial charge in [-0.3, -0.25) is 4.21 Å². The normalized spacial score (nSPS) is 12.3. The molecule has 2 nitrogen and oxygen atoms in total. The van der Waals surface area contributed by atoms with E-state index in [4.69, 9.17) is 5.73 Å². The minimum Gasteiger partial charge on any atom is -0.396 e. The molecule has 0 spiro atoms. The van der Waals surface area contributed by atoms with Gasteiger partial charge in [0.05, 0.1) is 22.2 Å². The summed E-state index contributed by atoms with van der Waals surface area (Å²) in [6.45, 7) is 0. The van der Waals surface area contributed by atoms with Gasteiger partial charge in [0.2, 0.25) is 0 Å². The van der Waals surface area contributed by atoms with E-state index in [2.05, 4.69) is 15.9 Å². The van der Waals surface area contributed by atoms with E-state index < -0.39 is 16.6 Å². The van der Waals surface area contributed by atoms with Crippen LogP contribution in [0.15, 0.2) is 51.8 Å². The van der Waals surface area contributed by atoms with Crippen molar-refractivity contribution in [3.8, 4) is 0 Å². The first-order valence-electron chi connectivity index (χ1n) is 5.24. The number of nitrogen functional groups attached to an aromatic ring is 1. The summed E-state index contributed by atoms with van der Waals surface area (Å²) in [5.41, 5.74) is 6.17. The van der Waals surface area contributed by atoms with E-state index in [1.807, 2.05) is 12.1 Å². The zero-order valence-electron chi connectivity index (χ0n) is 9.40. The van der Waals surface area contributed by atoms with E-state index in [1.54, 1.807) is 18.2 Å². The summed E-state index contributed by atoms with van der Waals surface area (Å²) in [5.74, 6) is -0.195. The maximum absolute atomic E-state index is 13.3. The maximum atomic E-state index is 13.3. The third kappa shape index (κ3) is 3.17. The zero-order chi connectivity index (χ0) is 13.1. The fourth-order valence-corrected chi connectivity index (χ4v) is 2.83. The first kappa shape index (κ1) is 13.2. The van der Waals surface area contributed by atoms with Gasteiger partial charge in [-0.15, -0.1) is 0 Å². The SMILES string of the molecule is Nc1ccc(CS(=O)c2ccc(Br)cc2)cc1F. The third-order valence-corrected chi connectivity index (χ3v) is 4.36. The molecule has 18 heavy (non-hydrogen) atoms. The number of rotatable bonds is 3. The highest BCUT2D eigenvalue weighted by atomic mass is 79.9. The van der Waals surface area contributed by atoms with Crippen LogP contribution in [0.3, 0.4) is 0 Å². The molecule has 0 saturated carbocycles. The average Bonchev–Trinajstić information content (AvgIpc) is 2.34. The minimum atomic E-state index is -1.19. The fourth-order valence-electron chi connectivity index (χ4n) is 1.48. The second-order valence-electron chi connectivity index (χ2n) is 3.80. The lowest BCUT2D eigenvalue weighted by molar-refractivity contribution is 0.631. The average molecular weight is 328 g/mol. The second-order valence-corrected chi connectivity index (χ2v) is 6.17. The molecule has 2 N–H and O–H groups in total. The topological polar surface area (TPSA) is 43.1 Å². The van der Waals surface area contributed by atoms with Gasteiger partial charge in [-0.25, -0.2) is 4.39 Å². The van der Waals surface area contributed by atoms with Crippen LogP contribution < -0.4 is 5.73 Å². The van der Waals surface area contributed by atoms with Crippen molar-refractivity contribution in [1.82, 2.24) is 0 Å². The van der Waals surface area contributed by atoms with Crippen LogP contribution in [0.25, 0.3) is 0 Å². The summed E-state index contributed by atoms with van der Waals surface area (Å²) in [6, 6.07) is 11.7. The summed E-state index contributed by atoms with van der Waals surface area (Å²) < 4.78 is 26.3. The number of anilines is 1. The van der Waals surface area contributed by atoms with Crippen molar-refractivity contribution in [2.45, 2.75) is 10.6 Å². The highest BCUT2D eigenvalue weighted by molar-refractivity contribution is 9.10. The molecule has 1 unspecified atom stereocenters. The van der Waals surface area contributed by atoms with Crippen LogP contribution in [0.4, 0.5) is 10.1 Å². The first-order chi connectivity index (χ1) is 8.56. The molecule has 1 atom stereocenters. The van der Waals surface area contributed by atoms with Crippen molar-refractivity contribution in [2.24, 2.45) is 0 Å². The monoisotopic (exact) mass is 327 g/mol. The van der Waals surface area contributed by atoms with Crippen molar-refractivity contribution in [3.05, 3.63) is 58.3 Å². The molecule has 0 bridgehead atoms. The molecule has 2 rings (SSSR count). The molecule has 94 valence electrons. The standard InChI is InChI=1S/C13H11BrFNOS/c14-10-2-4-11(5-3-10)18(17)8-9-1-6-13(16)12(15)7-9/h1-7H,8,16H2. The molecule has 0 aromatic heterocycles. The lowest BCUT2D eigenvalue weighted by Gasteiger charge is -2.04. The predicted molar refractivity (Wildman–Crippen MR) is 75.1 cm³/mol. The molecular formula is C13H11BrFNOS. The molecule has 0 aliphatic rings. The van der Waals surface area contributed by atoms with E-state index >= 15 is 0 Å². The van der Waals surface area contributed by atoms with Crippen LogP contribution >= 0.6 is 15.9 Å². The number of hydrogen-bond donors (Lipinski definition) is 1. The fraction of sp³-hybridized carbons (Fsp3) is 0.0769. The minimum absolute atomic E-state index is 0.105. The van der Waals surface area contributed by atoms with Crippen molar-refractivity contribution < 1.29 is 8.60 Å². The van der Waals surface area contributed by atoms with Crippen molar-refractivity contribution in [2.75, 3.05) is 5.73 Å². The zero-order valence-corrected chi connectivity index (χ0v) is 11.8. The lowest BCUT2D eigenvalue weighted by Crippen LogP contribution is -1.98. The Morgan fingerprint density at radius 2 is 1.83 bits per heavy atom. The maximum Gasteiger partial charge on any atom is 0.146 e. The third-order valence-electron chi connectivity index (χ3n) is 2.44. The van der Waals surface area contributed by atoms with Crippen LogP contribution in [0.1, 0.15) is 5.56 Å². The van der Waals surface area contributed by atoms with Gasteiger partial charge in [0.25, 0.3) is 0 Å². The van der Waals surface area contributed by atoms with E-state index in [9.17, 15) is 8.60 Å². The molecule has 0 fully saturated rings. The van der Waals surface area contributed by atoms with Crippen molar-refractivity contribution >= 4 is 32.4 Å². The van der Waals surface area contributed by atoms with Gasteiger partial charge in [0, 0.05) is 9.37 Å². The highest BCUT2D eigenvalue weighted by Crippen LogP contribution is 2.18. The number of hydrogen-bond acceptors (Lipinski definition) is 2. The lowest BCUT2D eigenvalue weighted by atomic mass is 10.2. The van der Waals surface area contributed by atoms with E-state index in [-0.39, 0.29) is 11.4 Å². The van der Waals surface area contributed by atoms with Gasteiger partial charge >= 0.3 is 0 Å². The summed E-state index contributed by atoms with van der Waals surface area (Å²) in [7, 11) is -1.19. The van der Waals surface area contributed by atoms with Gasteiger partial charge < -0.3 is 5.73 Å². The van der Waals surface area contributed by atoms with Crippen LogP contribution in [0.2, 0.25) is 0 Å². The summed E-state index contributed by atoms with van der Waals surface area (Å²) in [4.78, 5) is 0.718. The number of benzene rings is 2.